The molecule has 0 fully saturated rings. The Hall–Kier alpha value is -2.84. The van der Waals surface area contributed by atoms with Crippen LogP contribution in [0.15, 0.2) is 58.8 Å². The predicted octanol–water partition coefficient (Wildman–Crippen LogP) is 4.02. The van der Waals surface area contributed by atoms with Crippen molar-refractivity contribution in [3.05, 3.63) is 65.9 Å². The first-order valence-corrected chi connectivity index (χ1v) is 9.94. The quantitative estimate of drug-likeness (QED) is 0.522. The Bertz CT molecular complexity index is 957. The molecule has 0 saturated carbocycles. The number of nitrogens with one attached hydrogen (secondary N) is 2. The second-order valence-corrected chi connectivity index (χ2v) is 7.88. The number of rotatable bonds is 7. The van der Waals surface area contributed by atoms with Crippen molar-refractivity contribution in [2.45, 2.75) is 11.1 Å². The van der Waals surface area contributed by atoms with Crippen LogP contribution in [0, 0.1) is 6.92 Å². The largest absolute Gasteiger partial charge is 0.369 e. The first-order valence-electron chi connectivity index (χ1n) is 8.14. The lowest BCUT2D eigenvalue weighted by Crippen LogP contribution is -2.13. The lowest BCUT2D eigenvalue weighted by molar-refractivity contribution is -0.115. The van der Waals surface area contributed by atoms with E-state index in [9.17, 15) is 9.59 Å². The molecule has 0 aliphatic heterocycles. The van der Waals surface area contributed by atoms with Crippen molar-refractivity contribution in [1.29, 1.82) is 0 Å². The summed E-state index contributed by atoms with van der Waals surface area (Å²) in [6.45, 7) is 1.83. The molecule has 1 aromatic heterocycles. The van der Waals surface area contributed by atoms with Gasteiger partial charge in [-0.2, -0.15) is 0 Å². The van der Waals surface area contributed by atoms with E-state index < -0.39 is 0 Å². The standard InChI is InChI=1S/C19H18N4O2S2/c1-12-18(26-11-16(20)24)27-19(21-12)23-17(25)14-9-5-6-10-15(14)22-13-7-3-2-4-8-13/h2-10,22H,11H2,1H3,(H2,20,24)(H,21,23,25). The number of nitrogens with zero attached hydrogens (tertiary/aromatic N) is 1. The summed E-state index contributed by atoms with van der Waals surface area (Å²) in [7, 11) is 0. The Labute approximate surface area is 165 Å². The van der Waals surface area contributed by atoms with Crippen molar-refractivity contribution in [3.63, 3.8) is 0 Å². The Balaban J connectivity index is 1.75. The number of aromatic nitrogens is 1. The first-order chi connectivity index (χ1) is 13.0. The number of nitrogens with two attached hydrogens (primary N) is 1. The van der Waals surface area contributed by atoms with Crippen LogP contribution in [0.1, 0.15) is 16.1 Å². The molecule has 1 heterocycles. The minimum Gasteiger partial charge on any atom is -0.369 e. The van der Waals surface area contributed by atoms with E-state index in [0.717, 1.165) is 15.6 Å². The van der Waals surface area contributed by atoms with E-state index in [4.69, 9.17) is 5.73 Å². The van der Waals surface area contributed by atoms with Crippen LogP contribution in [0.5, 0.6) is 0 Å². The topological polar surface area (TPSA) is 97.1 Å². The number of hydrogen-bond donors (Lipinski definition) is 3. The monoisotopic (exact) mass is 398 g/mol. The highest BCUT2D eigenvalue weighted by Gasteiger charge is 2.15. The summed E-state index contributed by atoms with van der Waals surface area (Å²) in [5.74, 6) is -0.464. The normalized spacial score (nSPS) is 10.4. The second kappa shape index (κ2) is 8.70. The molecule has 0 unspecified atom stereocenters. The molecular weight excluding hydrogens is 380 g/mol. The van der Waals surface area contributed by atoms with Gasteiger partial charge in [-0.25, -0.2) is 4.98 Å². The maximum Gasteiger partial charge on any atom is 0.259 e. The van der Waals surface area contributed by atoms with Gasteiger partial charge in [0.15, 0.2) is 5.13 Å². The van der Waals surface area contributed by atoms with Gasteiger partial charge in [0.05, 0.1) is 26.9 Å². The molecule has 4 N–H and O–H groups in total. The summed E-state index contributed by atoms with van der Waals surface area (Å²) in [5, 5.41) is 6.57. The molecule has 138 valence electrons. The maximum absolute atomic E-state index is 12.7. The second-order valence-electron chi connectivity index (χ2n) is 5.64. The van der Waals surface area contributed by atoms with Gasteiger partial charge >= 0.3 is 0 Å². The van der Waals surface area contributed by atoms with Crippen molar-refractivity contribution in [3.8, 4) is 0 Å². The smallest absolute Gasteiger partial charge is 0.259 e. The van der Waals surface area contributed by atoms with Gasteiger partial charge in [0.2, 0.25) is 5.91 Å². The molecule has 3 aromatic rings. The molecule has 0 radical (unpaired) electrons. The average Bonchev–Trinajstić information content (AvgIpc) is 3.00. The van der Waals surface area contributed by atoms with Gasteiger partial charge in [-0.1, -0.05) is 41.7 Å². The van der Waals surface area contributed by atoms with Crippen LogP contribution in [-0.4, -0.2) is 22.6 Å². The van der Waals surface area contributed by atoms with Crippen LogP contribution in [0.3, 0.4) is 0 Å². The Morgan fingerprint density at radius 1 is 1.11 bits per heavy atom. The maximum atomic E-state index is 12.7. The number of aryl methyl sites for hydroxylation is 1. The van der Waals surface area contributed by atoms with Crippen LogP contribution in [-0.2, 0) is 4.79 Å². The third kappa shape index (κ3) is 5.08. The number of hydrogen-bond acceptors (Lipinski definition) is 6. The average molecular weight is 399 g/mol. The van der Waals surface area contributed by atoms with Gasteiger partial charge in [0, 0.05) is 5.69 Å². The lowest BCUT2D eigenvalue weighted by atomic mass is 10.1. The van der Waals surface area contributed by atoms with Gasteiger partial charge in [-0.05, 0) is 31.2 Å². The Morgan fingerprint density at radius 3 is 2.56 bits per heavy atom. The van der Waals surface area contributed by atoms with Crippen molar-refractivity contribution in [2.75, 3.05) is 16.4 Å². The zero-order chi connectivity index (χ0) is 19.2. The van der Waals surface area contributed by atoms with Crippen LogP contribution in [0.25, 0.3) is 0 Å². The van der Waals surface area contributed by atoms with E-state index in [0.29, 0.717) is 16.4 Å². The predicted molar refractivity (Wildman–Crippen MR) is 111 cm³/mol. The summed E-state index contributed by atoms with van der Waals surface area (Å²) in [6, 6.07) is 16.9. The van der Waals surface area contributed by atoms with Gasteiger partial charge in [0.25, 0.3) is 5.91 Å². The molecule has 0 spiro atoms. The Kier molecular flexibility index (Phi) is 6.10. The van der Waals surface area contributed by atoms with Gasteiger partial charge in [-0.3, -0.25) is 14.9 Å². The van der Waals surface area contributed by atoms with E-state index in [1.54, 1.807) is 6.07 Å². The van der Waals surface area contributed by atoms with Gasteiger partial charge in [-0.15, -0.1) is 11.8 Å². The fraction of sp³-hybridized carbons (Fsp3) is 0.105. The van der Waals surface area contributed by atoms with Crippen LogP contribution >= 0.6 is 23.1 Å². The summed E-state index contributed by atoms with van der Waals surface area (Å²) < 4.78 is 0.861. The number of carbonyl (C=O) groups is 2. The molecule has 2 aromatic carbocycles. The third-order valence-corrected chi connectivity index (χ3v) is 6.00. The number of para-hydroxylation sites is 2. The summed E-state index contributed by atoms with van der Waals surface area (Å²) >= 11 is 2.65. The molecule has 8 heteroatoms. The van der Waals surface area contributed by atoms with Gasteiger partial charge in [0.1, 0.15) is 0 Å². The summed E-state index contributed by atoms with van der Waals surface area (Å²) in [6.07, 6.45) is 0. The van der Waals surface area contributed by atoms with Crippen LogP contribution in [0.2, 0.25) is 0 Å². The first kappa shape index (κ1) is 18.9. The molecule has 27 heavy (non-hydrogen) atoms. The fourth-order valence-corrected chi connectivity index (χ4v) is 4.21. The van der Waals surface area contributed by atoms with Crippen molar-refractivity contribution in [1.82, 2.24) is 4.98 Å². The number of benzene rings is 2. The summed E-state index contributed by atoms with van der Waals surface area (Å²) in [5.41, 5.74) is 8.06. The van der Waals surface area contributed by atoms with Crippen molar-refractivity contribution < 1.29 is 9.59 Å². The van der Waals surface area contributed by atoms with Crippen molar-refractivity contribution in [2.24, 2.45) is 5.73 Å². The van der Waals surface area contributed by atoms with E-state index in [2.05, 4.69) is 15.6 Å². The zero-order valence-electron chi connectivity index (χ0n) is 14.6. The molecule has 0 saturated heterocycles. The third-order valence-electron chi connectivity index (χ3n) is 3.54. The van der Waals surface area contributed by atoms with E-state index >= 15 is 0 Å². The highest BCUT2D eigenvalue weighted by molar-refractivity contribution is 8.01. The minimum atomic E-state index is -0.390. The summed E-state index contributed by atoms with van der Waals surface area (Å²) in [4.78, 5) is 28.1. The SMILES string of the molecule is Cc1nc(NC(=O)c2ccccc2Nc2ccccc2)sc1SCC(N)=O. The van der Waals surface area contributed by atoms with Crippen molar-refractivity contribution >= 4 is 51.4 Å². The minimum absolute atomic E-state index is 0.181. The number of thioether (sulfide) groups is 1. The number of anilines is 3. The molecule has 2 amide bonds. The number of carbonyl (C=O) groups excluding carboxylic acids is 2. The molecule has 0 aliphatic rings. The molecule has 6 nitrogen and oxygen atoms in total. The molecular formula is C19H18N4O2S2. The molecule has 0 bridgehead atoms. The van der Waals surface area contributed by atoms with E-state index in [1.807, 2.05) is 55.5 Å². The molecule has 3 rings (SSSR count). The number of primary amides is 1. The van der Waals surface area contributed by atoms with Crippen LogP contribution in [0.4, 0.5) is 16.5 Å². The lowest BCUT2D eigenvalue weighted by Gasteiger charge is -2.11. The molecule has 0 aliphatic carbocycles. The fourth-order valence-electron chi connectivity index (χ4n) is 2.34. The highest BCUT2D eigenvalue weighted by atomic mass is 32.2. The number of amides is 2. The van der Waals surface area contributed by atoms with Crippen LogP contribution < -0.4 is 16.4 Å². The Morgan fingerprint density at radius 2 is 1.81 bits per heavy atom. The molecule has 0 atom stereocenters. The van der Waals surface area contributed by atoms with E-state index in [1.165, 1.54) is 23.1 Å². The zero-order valence-corrected chi connectivity index (χ0v) is 16.2. The number of thiazole rings is 1. The van der Waals surface area contributed by atoms with E-state index in [-0.39, 0.29) is 17.6 Å². The van der Waals surface area contributed by atoms with Gasteiger partial charge < -0.3 is 11.1 Å². The highest BCUT2D eigenvalue weighted by Crippen LogP contribution is 2.32.